The molecule has 2 N–H and O–H groups in total. The van der Waals surface area contributed by atoms with E-state index in [1.54, 1.807) is 24.3 Å². The first-order valence-electron chi connectivity index (χ1n) is 4.90. The smallest absolute Gasteiger partial charge is 0.257 e. The van der Waals surface area contributed by atoms with Crippen molar-refractivity contribution in [2.75, 3.05) is 20.2 Å². The molecule has 0 fully saturated rings. The van der Waals surface area contributed by atoms with Crippen LogP contribution in [-0.2, 0) is 4.79 Å². The highest BCUT2D eigenvalue weighted by Crippen LogP contribution is 2.11. The predicted molar refractivity (Wildman–Crippen MR) is 59.4 cm³/mol. The lowest BCUT2D eigenvalue weighted by Crippen LogP contribution is -2.21. The zero-order valence-electron chi connectivity index (χ0n) is 9.03. The molecule has 0 saturated heterocycles. The number of imide groups is 1. The largest absolute Gasteiger partial charge is 0.492 e. The maximum atomic E-state index is 11.2. The van der Waals surface area contributed by atoms with E-state index in [0.29, 0.717) is 24.3 Å². The van der Waals surface area contributed by atoms with Crippen LogP contribution in [0.2, 0.25) is 0 Å². The normalized spacial score (nSPS) is 9.56. The molecule has 5 heteroatoms. The average molecular weight is 222 g/mol. The highest BCUT2D eigenvalue weighted by atomic mass is 16.5. The van der Waals surface area contributed by atoms with Crippen LogP contribution in [0.25, 0.3) is 0 Å². The molecule has 86 valence electrons. The van der Waals surface area contributed by atoms with Gasteiger partial charge in [0, 0.05) is 12.1 Å². The molecule has 0 aliphatic rings. The quantitative estimate of drug-likeness (QED) is 0.532. The van der Waals surface area contributed by atoms with Crippen LogP contribution in [0.4, 0.5) is 0 Å². The number of nitrogens with one attached hydrogen (secondary N) is 2. The van der Waals surface area contributed by atoms with Crippen molar-refractivity contribution >= 4 is 12.3 Å². The van der Waals surface area contributed by atoms with Crippen LogP contribution >= 0.6 is 0 Å². The molecule has 1 aromatic carbocycles. The third-order valence-electron chi connectivity index (χ3n) is 1.93. The molecule has 1 aromatic rings. The minimum atomic E-state index is -0.420. The lowest BCUT2D eigenvalue weighted by Gasteiger charge is -2.06. The van der Waals surface area contributed by atoms with Crippen LogP contribution in [0.5, 0.6) is 5.75 Å². The Labute approximate surface area is 93.8 Å². The maximum absolute atomic E-state index is 11.2. The SMILES string of the molecule is CNCCOc1ccc(C(=O)NC=O)cc1. The standard InChI is InChI=1S/C11H14N2O3/c1-12-6-7-16-10-4-2-9(3-5-10)11(15)13-8-14/h2-5,8,12H,6-7H2,1H3,(H,13,14,15). The van der Waals surface area contributed by atoms with Crippen LogP contribution in [-0.4, -0.2) is 32.5 Å². The predicted octanol–water partition coefficient (Wildman–Crippen LogP) is 0.171. The Hall–Kier alpha value is -1.88. The molecule has 2 amide bonds. The van der Waals surface area contributed by atoms with E-state index < -0.39 is 5.91 Å². The number of hydrogen-bond acceptors (Lipinski definition) is 4. The summed E-state index contributed by atoms with van der Waals surface area (Å²) < 4.78 is 5.38. The van der Waals surface area contributed by atoms with Crippen LogP contribution < -0.4 is 15.4 Å². The molecular weight excluding hydrogens is 208 g/mol. The number of rotatable bonds is 6. The van der Waals surface area contributed by atoms with Crippen molar-refractivity contribution in [1.82, 2.24) is 10.6 Å². The summed E-state index contributed by atoms with van der Waals surface area (Å²) in [5.41, 5.74) is 0.424. The Balaban J connectivity index is 2.53. The van der Waals surface area contributed by atoms with E-state index in [-0.39, 0.29) is 0 Å². The third kappa shape index (κ3) is 3.70. The number of hydrogen-bond donors (Lipinski definition) is 2. The summed E-state index contributed by atoms with van der Waals surface area (Å²) in [6.07, 6.45) is 0.361. The van der Waals surface area contributed by atoms with E-state index in [0.717, 1.165) is 6.54 Å². The Morgan fingerprint density at radius 2 is 2.06 bits per heavy atom. The van der Waals surface area contributed by atoms with E-state index in [4.69, 9.17) is 4.74 Å². The molecule has 16 heavy (non-hydrogen) atoms. The van der Waals surface area contributed by atoms with Gasteiger partial charge in [0.05, 0.1) is 0 Å². The molecule has 0 radical (unpaired) electrons. The van der Waals surface area contributed by atoms with E-state index in [2.05, 4.69) is 10.6 Å². The van der Waals surface area contributed by atoms with E-state index >= 15 is 0 Å². The van der Waals surface area contributed by atoms with Gasteiger partial charge in [0.25, 0.3) is 5.91 Å². The second-order valence-corrected chi connectivity index (χ2v) is 3.07. The van der Waals surface area contributed by atoms with Gasteiger partial charge in [-0.3, -0.25) is 14.9 Å². The monoisotopic (exact) mass is 222 g/mol. The second-order valence-electron chi connectivity index (χ2n) is 3.07. The molecule has 0 unspecified atom stereocenters. The van der Waals surface area contributed by atoms with E-state index in [9.17, 15) is 9.59 Å². The highest BCUT2D eigenvalue weighted by Gasteiger charge is 2.03. The molecule has 0 aliphatic carbocycles. The summed E-state index contributed by atoms with van der Waals surface area (Å²) in [6.45, 7) is 1.32. The van der Waals surface area contributed by atoms with Crippen molar-refractivity contribution in [3.05, 3.63) is 29.8 Å². The third-order valence-corrected chi connectivity index (χ3v) is 1.93. The van der Waals surface area contributed by atoms with Crippen LogP contribution in [0.1, 0.15) is 10.4 Å². The first kappa shape index (κ1) is 12.2. The Kier molecular flexibility index (Phi) is 5.01. The topological polar surface area (TPSA) is 67.4 Å². The van der Waals surface area contributed by atoms with Crippen molar-refractivity contribution in [2.24, 2.45) is 0 Å². The fourth-order valence-corrected chi connectivity index (χ4v) is 1.11. The Morgan fingerprint density at radius 1 is 1.38 bits per heavy atom. The molecule has 0 atom stereocenters. The summed E-state index contributed by atoms with van der Waals surface area (Å²) in [7, 11) is 1.84. The zero-order chi connectivity index (χ0) is 11.8. The fourth-order valence-electron chi connectivity index (χ4n) is 1.11. The summed E-state index contributed by atoms with van der Waals surface area (Å²) >= 11 is 0. The molecule has 1 rings (SSSR count). The molecule has 0 spiro atoms. The first-order chi connectivity index (χ1) is 7.77. The number of ether oxygens (including phenoxy) is 1. The van der Waals surface area contributed by atoms with Gasteiger partial charge in [0.1, 0.15) is 12.4 Å². The fraction of sp³-hybridized carbons (Fsp3) is 0.273. The van der Waals surface area contributed by atoms with Crippen LogP contribution in [0.3, 0.4) is 0 Å². The molecule has 0 aliphatic heterocycles. The van der Waals surface area contributed by atoms with Crippen molar-refractivity contribution in [3.63, 3.8) is 0 Å². The van der Waals surface area contributed by atoms with Crippen molar-refractivity contribution in [2.45, 2.75) is 0 Å². The van der Waals surface area contributed by atoms with Gasteiger partial charge >= 0.3 is 0 Å². The van der Waals surface area contributed by atoms with Crippen molar-refractivity contribution < 1.29 is 14.3 Å². The molecular formula is C11H14N2O3. The second kappa shape index (κ2) is 6.58. The van der Waals surface area contributed by atoms with E-state index in [1.165, 1.54) is 0 Å². The number of amides is 2. The van der Waals surface area contributed by atoms with Gasteiger partial charge in [-0.15, -0.1) is 0 Å². The molecule has 0 bridgehead atoms. The van der Waals surface area contributed by atoms with Gasteiger partial charge in [-0.25, -0.2) is 0 Å². The number of likely N-dealkylation sites (N-methyl/N-ethyl adjacent to an activating group) is 1. The van der Waals surface area contributed by atoms with Crippen molar-refractivity contribution in [3.8, 4) is 5.75 Å². The molecule has 0 aromatic heterocycles. The van der Waals surface area contributed by atoms with Gasteiger partial charge in [0.2, 0.25) is 6.41 Å². The van der Waals surface area contributed by atoms with Crippen LogP contribution in [0.15, 0.2) is 24.3 Å². The van der Waals surface area contributed by atoms with Gasteiger partial charge in [-0.1, -0.05) is 0 Å². The minimum absolute atomic E-state index is 0.361. The summed E-state index contributed by atoms with van der Waals surface area (Å²) in [5.74, 6) is 0.273. The minimum Gasteiger partial charge on any atom is -0.492 e. The van der Waals surface area contributed by atoms with Gasteiger partial charge in [-0.05, 0) is 31.3 Å². The Bertz CT molecular complexity index is 349. The molecule has 5 nitrogen and oxygen atoms in total. The summed E-state index contributed by atoms with van der Waals surface area (Å²) in [4.78, 5) is 21.3. The lowest BCUT2D eigenvalue weighted by molar-refractivity contribution is -0.108. The van der Waals surface area contributed by atoms with Gasteiger partial charge in [0.15, 0.2) is 0 Å². The van der Waals surface area contributed by atoms with Crippen molar-refractivity contribution in [1.29, 1.82) is 0 Å². The Morgan fingerprint density at radius 3 is 2.62 bits per heavy atom. The maximum Gasteiger partial charge on any atom is 0.257 e. The van der Waals surface area contributed by atoms with Gasteiger partial charge < -0.3 is 10.1 Å². The summed E-state index contributed by atoms with van der Waals surface area (Å²) in [5, 5.41) is 5.02. The molecule has 0 saturated carbocycles. The van der Waals surface area contributed by atoms with Gasteiger partial charge in [-0.2, -0.15) is 0 Å². The highest BCUT2D eigenvalue weighted by molar-refractivity contribution is 5.99. The number of carbonyl (C=O) groups is 2. The first-order valence-corrected chi connectivity index (χ1v) is 4.90. The average Bonchev–Trinajstić information content (AvgIpc) is 2.30. The van der Waals surface area contributed by atoms with Crippen LogP contribution in [0, 0.1) is 0 Å². The lowest BCUT2D eigenvalue weighted by atomic mass is 10.2. The number of carbonyl (C=O) groups excluding carboxylic acids is 2. The number of benzene rings is 1. The zero-order valence-corrected chi connectivity index (χ0v) is 9.03. The molecule has 0 heterocycles. The summed E-state index contributed by atoms with van der Waals surface area (Å²) in [6, 6.07) is 6.59. The van der Waals surface area contributed by atoms with E-state index in [1.807, 2.05) is 7.05 Å².